The van der Waals surface area contributed by atoms with E-state index >= 15 is 0 Å². The van der Waals surface area contributed by atoms with Gasteiger partial charge in [-0.15, -0.1) is 0 Å². The minimum atomic E-state index is -1.83. The average molecular weight is 507 g/mol. The Morgan fingerprint density at radius 3 is 0.742 bits per heavy atom. The summed E-state index contributed by atoms with van der Waals surface area (Å²) in [5.74, 6) is 0. The summed E-state index contributed by atoms with van der Waals surface area (Å²) in [7, 11) is 0. The summed E-state index contributed by atoms with van der Waals surface area (Å²) in [5.41, 5.74) is 2.55. The van der Waals surface area contributed by atoms with Crippen LogP contribution in [0.3, 0.4) is 0 Å². The van der Waals surface area contributed by atoms with Crippen LogP contribution in [0.5, 0.6) is 0 Å². The summed E-state index contributed by atoms with van der Waals surface area (Å²) < 4.78 is 4.55. The minimum Gasteiger partial charge on any atom is -0.0622 e. The van der Waals surface area contributed by atoms with Gasteiger partial charge in [0.25, 0.3) is 0 Å². The third-order valence-electron chi connectivity index (χ3n) is 4.92. The van der Waals surface area contributed by atoms with Gasteiger partial charge in [0.05, 0.1) is 0 Å². The molecule has 5 aromatic rings. The van der Waals surface area contributed by atoms with Gasteiger partial charge in [-0.2, -0.15) is 0 Å². The van der Waals surface area contributed by atoms with Crippen LogP contribution in [-0.2, 0) is 0 Å². The molecule has 5 rings (SSSR count). The van der Waals surface area contributed by atoms with Crippen molar-refractivity contribution in [1.29, 1.82) is 0 Å². The van der Waals surface area contributed by atoms with Crippen LogP contribution in [-0.4, -0.2) is 20.2 Å². The Bertz CT molecular complexity index is 1010. The van der Waals surface area contributed by atoms with Crippen molar-refractivity contribution in [3.63, 3.8) is 0 Å². The van der Waals surface area contributed by atoms with Gasteiger partial charge in [-0.1, -0.05) is 60.7 Å². The van der Waals surface area contributed by atoms with Crippen LogP contribution >= 0.6 is 0 Å². The van der Waals surface area contributed by atoms with Gasteiger partial charge in [-0.25, -0.2) is 0 Å². The molecule has 0 aliphatic heterocycles. The van der Waals surface area contributed by atoms with E-state index in [0.717, 1.165) is 0 Å². The van der Waals surface area contributed by atoms with Gasteiger partial charge in [0.15, 0.2) is 0 Å². The Labute approximate surface area is 192 Å². The van der Waals surface area contributed by atoms with E-state index in [1.807, 2.05) is 12.1 Å². The molecule has 0 spiro atoms. The first-order valence-corrected chi connectivity index (χ1v) is 14.3. The first-order valence-electron chi connectivity index (χ1n) is 10.5. The maximum Gasteiger partial charge on any atom is -0.0184 e. The van der Waals surface area contributed by atoms with Crippen molar-refractivity contribution in [3.8, 4) is 11.1 Å². The van der Waals surface area contributed by atoms with Crippen LogP contribution in [0.15, 0.2) is 152 Å². The summed E-state index contributed by atoms with van der Waals surface area (Å²) in [5, 5.41) is 0. The van der Waals surface area contributed by atoms with Crippen LogP contribution in [0.25, 0.3) is 11.1 Å². The van der Waals surface area contributed by atoms with Crippen molar-refractivity contribution >= 4 is 30.7 Å². The predicted molar refractivity (Wildman–Crippen MR) is 136 cm³/mol. The Morgan fingerprint density at radius 1 is 0.258 bits per heavy atom. The maximum absolute atomic E-state index is 2.28. The van der Waals surface area contributed by atoms with Crippen molar-refractivity contribution < 1.29 is 0 Å². The number of rotatable bonds is 4. The second-order valence-corrected chi connectivity index (χ2v) is 13.4. The normalized spacial score (nSPS) is 10.2. The van der Waals surface area contributed by atoms with Gasteiger partial charge in [0, 0.05) is 0 Å². The van der Waals surface area contributed by atoms with Crippen LogP contribution in [0.2, 0.25) is 0 Å². The Hall–Kier alpha value is -3.08. The predicted octanol–water partition coefficient (Wildman–Crippen LogP) is 5.56. The Balaban J connectivity index is 0.000000166. The number of hydrogen-bond acceptors (Lipinski definition) is 0. The molecule has 0 saturated carbocycles. The summed E-state index contributed by atoms with van der Waals surface area (Å²) in [4.78, 5) is 0. The monoisotopic (exact) mass is 506 g/mol. The second kappa shape index (κ2) is 11.3. The standard InChI is InChI=1S/C12H10.3C6H5.Sb/c1-3-7-11(8-4-1)12-9-5-2-6-10-12;3*1-2-4-6-5-3-1;/h1-10H;3*1-5H;. The molecule has 0 N–H and O–H groups in total. The van der Waals surface area contributed by atoms with Gasteiger partial charge in [0.2, 0.25) is 0 Å². The van der Waals surface area contributed by atoms with E-state index in [-0.39, 0.29) is 0 Å². The molecule has 150 valence electrons. The molecule has 0 unspecified atom stereocenters. The van der Waals surface area contributed by atoms with E-state index in [1.165, 1.54) is 21.7 Å². The quantitative estimate of drug-likeness (QED) is 0.280. The third kappa shape index (κ3) is 5.97. The van der Waals surface area contributed by atoms with Crippen molar-refractivity contribution in [2.45, 2.75) is 0 Å². The van der Waals surface area contributed by atoms with Crippen molar-refractivity contribution in [3.05, 3.63) is 152 Å². The zero-order valence-corrected chi connectivity index (χ0v) is 19.9. The molecule has 0 aromatic heterocycles. The van der Waals surface area contributed by atoms with Gasteiger partial charge in [-0.05, 0) is 11.1 Å². The molecule has 0 radical (unpaired) electrons. The van der Waals surface area contributed by atoms with Crippen LogP contribution in [0.1, 0.15) is 0 Å². The molecule has 31 heavy (non-hydrogen) atoms. The summed E-state index contributed by atoms with van der Waals surface area (Å²) in [6.07, 6.45) is 0. The van der Waals surface area contributed by atoms with Gasteiger partial charge in [-0.3, -0.25) is 0 Å². The van der Waals surface area contributed by atoms with Crippen LogP contribution in [0, 0.1) is 0 Å². The van der Waals surface area contributed by atoms with E-state index in [2.05, 4.69) is 140 Å². The van der Waals surface area contributed by atoms with E-state index in [4.69, 9.17) is 0 Å². The van der Waals surface area contributed by atoms with Gasteiger partial charge in [0.1, 0.15) is 0 Å². The SMILES string of the molecule is c1cc[c]([Sb]([c]2ccccc2)[c]2ccccc2)cc1.c1ccc(-c2ccccc2)cc1. The van der Waals surface area contributed by atoms with E-state index in [1.54, 1.807) is 0 Å². The average Bonchev–Trinajstić information content (AvgIpc) is 2.88. The molecule has 5 aromatic carbocycles. The molecular weight excluding hydrogens is 482 g/mol. The first kappa shape index (κ1) is 21.2. The molecule has 0 saturated heterocycles. The topological polar surface area (TPSA) is 0 Å². The second-order valence-electron chi connectivity index (χ2n) is 7.07. The zero-order chi connectivity index (χ0) is 21.1. The van der Waals surface area contributed by atoms with E-state index < -0.39 is 20.2 Å². The number of benzene rings is 5. The molecule has 0 aliphatic rings. The third-order valence-corrected chi connectivity index (χ3v) is 11.9. The summed E-state index contributed by atoms with van der Waals surface area (Å²) in [6, 6.07) is 53.7. The van der Waals surface area contributed by atoms with Crippen LogP contribution in [0.4, 0.5) is 0 Å². The molecule has 1 heteroatoms. The molecule has 0 heterocycles. The van der Waals surface area contributed by atoms with Crippen LogP contribution < -0.4 is 10.5 Å². The fourth-order valence-electron chi connectivity index (χ4n) is 3.44. The van der Waals surface area contributed by atoms with E-state index in [9.17, 15) is 0 Å². The fourth-order valence-corrected chi connectivity index (χ4v) is 10.0. The molecule has 0 fully saturated rings. The first-order chi connectivity index (χ1) is 15.4. The molecule has 0 nitrogen and oxygen atoms in total. The maximum atomic E-state index is 2.28. The fraction of sp³-hybridized carbons (Fsp3) is 0. The van der Waals surface area contributed by atoms with Crippen molar-refractivity contribution in [2.75, 3.05) is 0 Å². The molecule has 0 atom stereocenters. The van der Waals surface area contributed by atoms with Gasteiger partial charge < -0.3 is 0 Å². The molecule has 0 bridgehead atoms. The summed E-state index contributed by atoms with van der Waals surface area (Å²) in [6.45, 7) is 0. The van der Waals surface area contributed by atoms with Crippen molar-refractivity contribution in [2.24, 2.45) is 0 Å². The Morgan fingerprint density at radius 2 is 0.484 bits per heavy atom. The van der Waals surface area contributed by atoms with E-state index in [0.29, 0.717) is 0 Å². The largest absolute Gasteiger partial charge is 0.0622 e. The van der Waals surface area contributed by atoms with Crippen molar-refractivity contribution in [1.82, 2.24) is 0 Å². The Kier molecular flexibility index (Phi) is 7.75. The number of hydrogen-bond donors (Lipinski definition) is 0. The molecule has 0 amide bonds. The van der Waals surface area contributed by atoms with Gasteiger partial charge >= 0.3 is 122 Å². The smallest absolute Gasteiger partial charge is 0.0184 e. The summed E-state index contributed by atoms with van der Waals surface area (Å²) >= 11 is -1.83. The molecular formula is C30H25Sb. The minimum absolute atomic E-state index is 1.28. The zero-order valence-electron chi connectivity index (χ0n) is 17.4. The molecule has 0 aliphatic carbocycles.